The maximum Gasteiger partial charge on any atom is 0.273 e. The average Bonchev–Trinajstić information content (AvgIpc) is 3.31. The van der Waals surface area contributed by atoms with Crippen molar-refractivity contribution >= 4 is 15.9 Å². The molecule has 0 aliphatic heterocycles. The minimum absolute atomic E-state index is 0.109. The van der Waals surface area contributed by atoms with Crippen molar-refractivity contribution < 1.29 is 13.2 Å². The van der Waals surface area contributed by atoms with E-state index in [9.17, 15) is 13.2 Å². The molecule has 8 heteroatoms. The number of aromatic nitrogens is 2. The molecule has 0 bridgehead atoms. The summed E-state index contributed by atoms with van der Waals surface area (Å²) in [5, 5.41) is 14.6. The minimum atomic E-state index is -3.97. The highest BCUT2D eigenvalue weighted by Crippen LogP contribution is 2.42. The Kier molecular flexibility index (Phi) is 3.53. The number of carbonyl (C=O) groups excluding carboxylic acids is 1. The van der Waals surface area contributed by atoms with Crippen molar-refractivity contribution in [1.82, 2.24) is 15.5 Å². The number of nitrogens with two attached hydrogens (primary N) is 1. The predicted molar refractivity (Wildman–Crippen MR) is 76.2 cm³/mol. The number of sulfonamides is 1. The van der Waals surface area contributed by atoms with Crippen LogP contribution in [0.4, 0.5) is 0 Å². The molecule has 21 heavy (non-hydrogen) atoms. The first kappa shape index (κ1) is 14.5. The summed E-state index contributed by atoms with van der Waals surface area (Å²) in [5.74, 6) is 0.713. The average molecular weight is 312 g/mol. The normalized spacial score (nSPS) is 20.3. The van der Waals surface area contributed by atoms with E-state index in [4.69, 9.17) is 5.14 Å². The summed E-state index contributed by atoms with van der Waals surface area (Å²) in [6, 6.07) is 0. The summed E-state index contributed by atoms with van der Waals surface area (Å²) in [6.45, 7) is 2.61. The molecule has 0 radical (unpaired) electrons. The number of nitrogens with zero attached hydrogens (tertiary/aromatic N) is 1. The molecule has 0 saturated heterocycles. The minimum Gasteiger partial charge on any atom is -0.350 e. The van der Waals surface area contributed by atoms with E-state index < -0.39 is 15.9 Å². The summed E-state index contributed by atoms with van der Waals surface area (Å²) in [7, 11) is -3.97. The van der Waals surface area contributed by atoms with Crippen molar-refractivity contribution in [1.29, 1.82) is 0 Å². The van der Waals surface area contributed by atoms with Crippen molar-refractivity contribution in [3.8, 4) is 0 Å². The van der Waals surface area contributed by atoms with E-state index >= 15 is 0 Å². The third-order valence-electron chi connectivity index (χ3n) is 4.24. The maximum absolute atomic E-state index is 12.2. The molecule has 1 unspecified atom stereocenters. The molecular formula is C13H20N4O3S. The summed E-state index contributed by atoms with van der Waals surface area (Å²) in [5.41, 5.74) is 0.361. The SMILES string of the molecule is CC(CNC(=O)c1n[nH]c(C2CC2)c1S(N)(=O)=O)C1CC1. The quantitative estimate of drug-likeness (QED) is 0.717. The van der Waals surface area contributed by atoms with Crippen LogP contribution in [0.15, 0.2) is 4.90 Å². The van der Waals surface area contributed by atoms with Gasteiger partial charge in [0, 0.05) is 12.5 Å². The first-order valence-corrected chi connectivity index (χ1v) is 8.81. The highest BCUT2D eigenvalue weighted by molar-refractivity contribution is 7.89. The lowest BCUT2D eigenvalue weighted by Gasteiger charge is -2.11. The van der Waals surface area contributed by atoms with Crippen LogP contribution in [0, 0.1) is 11.8 Å². The second kappa shape index (κ2) is 5.10. The molecule has 2 fully saturated rings. The molecule has 7 nitrogen and oxygen atoms in total. The lowest BCUT2D eigenvalue weighted by molar-refractivity contribution is 0.0938. The lowest BCUT2D eigenvalue weighted by Crippen LogP contribution is -2.31. The molecule has 1 aromatic rings. The maximum atomic E-state index is 12.2. The topological polar surface area (TPSA) is 118 Å². The number of carbonyl (C=O) groups is 1. The Hall–Kier alpha value is -1.41. The van der Waals surface area contributed by atoms with Gasteiger partial charge in [0.15, 0.2) is 5.69 Å². The van der Waals surface area contributed by atoms with Crippen LogP contribution in [0.3, 0.4) is 0 Å². The first-order chi connectivity index (χ1) is 9.88. The van der Waals surface area contributed by atoms with E-state index in [2.05, 4.69) is 22.4 Å². The molecular weight excluding hydrogens is 292 g/mol. The van der Waals surface area contributed by atoms with Gasteiger partial charge < -0.3 is 5.32 Å². The Bertz CT molecular complexity index is 659. The molecule has 0 aromatic carbocycles. The third kappa shape index (κ3) is 3.11. The van der Waals surface area contributed by atoms with Crippen molar-refractivity contribution in [2.75, 3.05) is 6.54 Å². The van der Waals surface area contributed by atoms with Gasteiger partial charge >= 0.3 is 0 Å². The molecule has 1 amide bonds. The Morgan fingerprint density at radius 2 is 2.10 bits per heavy atom. The second-order valence-electron chi connectivity index (χ2n) is 6.16. The van der Waals surface area contributed by atoms with E-state index in [-0.39, 0.29) is 16.5 Å². The van der Waals surface area contributed by atoms with Gasteiger partial charge in [-0.3, -0.25) is 9.89 Å². The van der Waals surface area contributed by atoms with Gasteiger partial charge in [0.2, 0.25) is 10.0 Å². The van der Waals surface area contributed by atoms with Gasteiger partial charge in [-0.1, -0.05) is 6.92 Å². The number of amides is 1. The van der Waals surface area contributed by atoms with Crippen LogP contribution in [-0.4, -0.2) is 31.1 Å². The number of H-pyrrole nitrogens is 1. The van der Waals surface area contributed by atoms with Gasteiger partial charge in [-0.15, -0.1) is 0 Å². The van der Waals surface area contributed by atoms with Crippen LogP contribution in [0.1, 0.15) is 54.7 Å². The van der Waals surface area contributed by atoms with Crippen LogP contribution in [0.25, 0.3) is 0 Å². The van der Waals surface area contributed by atoms with Crippen molar-refractivity contribution in [3.05, 3.63) is 11.4 Å². The number of hydrogen-bond donors (Lipinski definition) is 3. The number of rotatable bonds is 6. The van der Waals surface area contributed by atoms with E-state index in [1.54, 1.807) is 0 Å². The largest absolute Gasteiger partial charge is 0.350 e. The standard InChI is InChI=1S/C13H20N4O3S/c1-7(8-2-3-8)6-15-13(18)11-12(21(14,19)20)10(16-17-11)9-4-5-9/h7-9H,2-6H2,1H3,(H,15,18)(H,16,17)(H2,14,19,20). The Morgan fingerprint density at radius 1 is 1.43 bits per heavy atom. The fourth-order valence-corrected chi connectivity index (χ4v) is 3.53. The van der Waals surface area contributed by atoms with E-state index in [1.165, 1.54) is 12.8 Å². The Balaban J connectivity index is 1.79. The molecule has 0 spiro atoms. The van der Waals surface area contributed by atoms with E-state index in [0.717, 1.165) is 12.8 Å². The van der Waals surface area contributed by atoms with Crippen LogP contribution in [-0.2, 0) is 10.0 Å². The number of primary sulfonamides is 1. The molecule has 1 heterocycles. The molecule has 2 saturated carbocycles. The predicted octanol–water partition coefficient (Wildman–Crippen LogP) is 0.710. The van der Waals surface area contributed by atoms with Crippen LogP contribution in [0.2, 0.25) is 0 Å². The van der Waals surface area contributed by atoms with E-state index in [1.807, 2.05) is 0 Å². The van der Waals surface area contributed by atoms with E-state index in [0.29, 0.717) is 24.1 Å². The summed E-state index contributed by atoms with van der Waals surface area (Å²) < 4.78 is 23.5. The zero-order valence-corrected chi connectivity index (χ0v) is 12.7. The van der Waals surface area contributed by atoms with Gasteiger partial charge in [0.1, 0.15) is 4.90 Å². The molecule has 4 N–H and O–H groups in total. The highest BCUT2D eigenvalue weighted by atomic mass is 32.2. The van der Waals surface area contributed by atoms with Gasteiger partial charge in [-0.25, -0.2) is 13.6 Å². The smallest absolute Gasteiger partial charge is 0.273 e. The summed E-state index contributed by atoms with van der Waals surface area (Å²) in [4.78, 5) is 12.1. The molecule has 2 aliphatic rings. The molecule has 1 atom stereocenters. The Labute approximate surface area is 123 Å². The lowest BCUT2D eigenvalue weighted by atomic mass is 10.1. The van der Waals surface area contributed by atoms with Gasteiger partial charge in [0.25, 0.3) is 5.91 Å². The van der Waals surface area contributed by atoms with Crippen LogP contribution in [0.5, 0.6) is 0 Å². The number of hydrogen-bond acceptors (Lipinski definition) is 4. The first-order valence-electron chi connectivity index (χ1n) is 7.27. The van der Waals surface area contributed by atoms with Gasteiger partial charge in [-0.05, 0) is 37.5 Å². The number of aromatic amines is 1. The fraction of sp³-hybridized carbons (Fsp3) is 0.692. The zero-order valence-electron chi connectivity index (χ0n) is 11.9. The zero-order chi connectivity index (χ0) is 15.2. The van der Waals surface area contributed by atoms with Crippen molar-refractivity contribution in [2.24, 2.45) is 17.0 Å². The number of nitrogens with one attached hydrogen (secondary N) is 2. The van der Waals surface area contributed by atoms with Gasteiger partial charge in [-0.2, -0.15) is 5.10 Å². The summed E-state index contributed by atoms with van der Waals surface area (Å²) >= 11 is 0. The molecule has 116 valence electrons. The third-order valence-corrected chi connectivity index (χ3v) is 5.23. The van der Waals surface area contributed by atoms with Crippen LogP contribution < -0.4 is 10.5 Å². The van der Waals surface area contributed by atoms with Crippen LogP contribution >= 0.6 is 0 Å². The molecule has 3 rings (SSSR count). The molecule has 2 aliphatic carbocycles. The Morgan fingerprint density at radius 3 is 2.62 bits per heavy atom. The highest BCUT2D eigenvalue weighted by Gasteiger charge is 2.36. The molecule has 1 aromatic heterocycles. The fourth-order valence-electron chi connectivity index (χ4n) is 2.61. The van der Waals surface area contributed by atoms with Crippen molar-refractivity contribution in [2.45, 2.75) is 43.4 Å². The monoisotopic (exact) mass is 312 g/mol. The summed E-state index contributed by atoms with van der Waals surface area (Å²) in [6.07, 6.45) is 4.19. The van der Waals surface area contributed by atoms with Gasteiger partial charge in [0.05, 0.1) is 5.69 Å². The second-order valence-corrected chi connectivity index (χ2v) is 7.66. The van der Waals surface area contributed by atoms with Crippen molar-refractivity contribution in [3.63, 3.8) is 0 Å².